The quantitative estimate of drug-likeness (QED) is 0.662. The zero-order valence-electron chi connectivity index (χ0n) is 9.56. The number of hydrogen-bond acceptors (Lipinski definition) is 4. The lowest BCUT2D eigenvalue weighted by atomic mass is 10.2. The maximum Gasteiger partial charge on any atom is 0.339 e. The number of nitrogens with two attached hydrogens (primary N) is 1. The molecule has 0 aliphatic carbocycles. The Hall–Kier alpha value is -2.24. The van der Waals surface area contributed by atoms with Crippen molar-refractivity contribution in [1.82, 2.24) is 5.32 Å². The summed E-state index contributed by atoms with van der Waals surface area (Å²) in [7, 11) is 1.47. The van der Waals surface area contributed by atoms with Crippen LogP contribution in [0.4, 0.5) is 5.69 Å². The minimum Gasteiger partial charge on any atom is -0.480 e. The van der Waals surface area contributed by atoms with Gasteiger partial charge in [0, 0.05) is 18.8 Å². The summed E-state index contributed by atoms with van der Waals surface area (Å²) < 4.78 is 5.27. The van der Waals surface area contributed by atoms with E-state index in [1.807, 2.05) is 0 Å². The maximum atomic E-state index is 11.3. The highest BCUT2D eigenvalue weighted by atomic mass is 16.5. The third-order valence-corrected chi connectivity index (χ3v) is 2.16. The second-order valence-corrected chi connectivity index (χ2v) is 3.44. The molecule has 92 valence electrons. The molecule has 0 radical (unpaired) electrons. The van der Waals surface area contributed by atoms with E-state index in [1.54, 1.807) is 0 Å². The molecular weight excluding hydrogens is 224 g/mol. The van der Waals surface area contributed by atoms with Crippen molar-refractivity contribution >= 4 is 17.6 Å². The molecule has 0 saturated heterocycles. The molecule has 17 heavy (non-hydrogen) atoms. The molecule has 0 spiro atoms. The Kier molecular flexibility index (Phi) is 3.92. The van der Waals surface area contributed by atoms with Crippen LogP contribution in [-0.2, 0) is 4.79 Å². The Morgan fingerprint density at radius 2 is 2.12 bits per heavy atom. The normalized spacial score (nSPS) is 11.6. The first-order valence-corrected chi connectivity index (χ1v) is 4.96. The van der Waals surface area contributed by atoms with Gasteiger partial charge in [0.1, 0.15) is 11.3 Å². The number of benzene rings is 1. The lowest BCUT2D eigenvalue weighted by molar-refractivity contribution is -0.126. The van der Waals surface area contributed by atoms with Crippen molar-refractivity contribution in [2.75, 3.05) is 12.8 Å². The number of carboxylic acid groups (broad SMARTS) is 1. The Morgan fingerprint density at radius 1 is 1.47 bits per heavy atom. The van der Waals surface area contributed by atoms with Crippen LogP contribution in [0.3, 0.4) is 0 Å². The number of rotatable bonds is 4. The fraction of sp³-hybridized carbons (Fsp3) is 0.273. The topological polar surface area (TPSA) is 102 Å². The largest absolute Gasteiger partial charge is 0.480 e. The van der Waals surface area contributed by atoms with E-state index in [2.05, 4.69) is 5.32 Å². The first kappa shape index (κ1) is 12.8. The zero-order chi connectivity index (χ0) is 13.0. The molecule has 6 nitrogen and oxygen atoms in total. The molecular formula is C11H14N2O4. The van der Waals surface area contributed by atoms with Crippen LogP contribution in [0.25, 0.3) is 0 Å². The number of nitrogen functional groups attached to an aromatic ring is 1. The van der Waals surface area contributed by atoms with Crippen LogP contribution in [0.2, 0.25) is 0 Å². The van der Waals surface area contributed by atoms with Gasteiger partial charge < -0.3 is 20.9 Å². The number of amides is 1. The molecule has 0 heterocycles. The van der Waals surface area contributed by atoms with Crippen molar-refractivity contribution in [3.8, 4) is 5.75 Å². The van der Waals surface area contributed by atoms with Crippen LogP contribution < -0.4 is 15.8 Å². The predicted molar refractivity (Wildman–Crippen MR) is 62.0 cm³/mol. The van der Waals surface area contributed by atoms with Gasteiger partial charge in [-0.25, -0.2) is 4.79 Å². The molecule has 0 fully saturated rings. The van der Waals surface area contributed by atoms with Crippen LogP contribution in [0.1, 0.15) is 17.3 Å². The van der Waals surface area contributed by atoms with E-state index in [1.165, 1.54) is 32.2 Å². The summed E-state index contributed by atoms with van der Waals surface area (Å²) in [5, 5.41) is 11.3. The van der Waals surface area contributed by atoms with Gasteiger partial charge in [-0.15, -0.1) is 0 Å². The zero-order valence-corrected chi connectivity index (χ0v) is 9.56. The lowest BCUT2D eigenvalue weighted by Gasteiger charge is -2.15. The number of aromatic carboxylic acids is 1. The predicted octanol–water partition coefficient (Wildman–Crippen LogP) is 0.480. The van der Waals surface area contributed by atoms with E-state index in [9.17, 15) is 9.59 Å². The number of carbonyl (C=O) groups excluding carboxylic acids is 1. The molecule has 1 unspecified atom stereocenters. The molecule has 1 aromatic rings. The minimum absolute atomic E-state index is 0.0325. The van der Waals surface area contributed by atoms with E-state index < -0.39 is 12.1 Å². The standard InChI is InChI=1S/C11H14N2O4/c1-6(10(14)13-2)17-9-5-7(12)3-4-8(9)11(15)16/h3-6H,12H2,1-2H3,(H,13,14)(H,15,16). The molecule has 0 bridgehead atoms. The number of nitrogens with one attached hydrogen (secondary N) is 1. The number of carboxylic acids is 1. The molecule has 0 aliphatic heterocycles. The summed E-state index contributed by atoms with van der Waals surface area (Å²) in [6, 6.07) is 4.17. The highest BCUT2D eigenvalue weighted by Crippen LogP contribution is 2.23. The van der Waals surface area contributed by atoms with E-state index in [-0.39, 0.29) is 17.2 Å². The van der Waals surface area contributed by atoms with Crippen molar-refractivity contribution in [3.05, 3.63) is 23.8 Å². The van der Waals surface area contributed by atoms with Gasteiger partial charge in [0.25, 0.3) is 5.91 Å². The maximum absolute atomic E-state index is 11.3. The van der Waals surface area contributed by atoms with Crippen molar-refractivity contribution in [3.63, 3.8) is 0 Å². The van der Waals surface area contributed by atoms with Crippen LogP contribution >= 0.6 is 0 Å². The Labute approximate surface area is 98.4 Å². The first-order chi connectivity index (χ1) is 7.95. The summed E-state index contributed by atoms with van der Waals surface area (Å²) >= 11 is 0. The Balaban J connectivity index is 3.00. The van der Waals surface area contributed by atoms with Gasteiger partial charge in [-0.1, -0.05) is 0 Å². The van der Waals surface area contributed by atoms with Gasteiger partial charge in [0.05, 0.1) is 0 Å². The molecule has 1 rings (SSSR count). The van der Waals surface area contributed by atoms with E-state index in [0.29, 0.717) is 5.69 Å². The highest BCUT2D eigenvalue weighted by molar-refractivity contribution is 5.91. The van der Waals surface area contributed by atoms with Crippen LogP contribution in [0.5, 0.6) is 5.75 Å². The summed E-state index contributed by atoms with van der Waals surface area (Å²) in [4.78, 5) is 22.2. The smallest absolute Gasteiger partial charge is 0.339 e. The average Bonchev–Trinajstić information content (AvgIpc) is 2.27. The number of hydrogen-bond donors (Lipinski definition) is 3. The number of likely N-dealkylation sites (N-methyl/N-ethyl adjacent to an activating group) is 1. The van der Waals surface area contributed by atoms with Crippen LogP contribution in [-0.4, -0.2) is 30.1 Å². The van der Waals surface area contributed by atoms with Gasteiger partial charge >= 0.3 is 5.97 Å². The number of carbonyl (C=O) groups is 2. The van der Waals surface area contributed by atoms with Gasteiger partial charge in [-0.3, -0.25) is 4.79 Å². The molecule has 1 amide bonds. The van der Waals surface area contributed by atoms with Crippen molar-refractivity contribution in [2.24, 2.45) is 0 Å². The second-order valence-electron chi connectivity index (χ2n) is 3.44. The number of ether oxygens (including phenoxy) is 1. The van der Waals surface area contributed by atoms with E-state index in [0.717, 1.165) is 0 Å². The number of anilines is 1. The van der Waals surface area contributed by atoms with Gasteiger partial charge in [-0.05, 0) is 19.1 Å². The monoisotopic (exact) mass is 238 g/mol. The molecule has 1 aromatic carbocycles. The SMILES string of the molecule is CNC(=O)C(C)Oc1cc(N)ccc1C(=O)O. The van der Waals surface area contributed by atoms with Gasteiger partial charge in [0.2, 0.25) is 0 Å². The third-order valence-electron chi connectivity index (χ3n) is 2.16. The average molecular weight is 238 g/mol. The fourth-order valence-electron chi connectivity index (χ4n) is 1.26. The van der Waals surface area contributed by atoms with Gasteiger partial charge in [-0.2, -0.15) is 0 Å². The molecule has 0 saturated carbocycles. The Morgan fingerprint density at radius 3 is 2.65 bits per heavy atom. The first-order valence-electron chi connectivity index (χ1n) is 4.96. The van der Waals surface area contributed by atoms with Crippen molar-refractivity contribution in [2.45, 2.75) is 13.0 Å². The third kappa shape index (κ3) is 3.10. The summed E-state index contributed by atoms with van der Waals surface area (Å²) in [5.74, 6) is -1.40. The highest BCUT2D eigenvalue weighted by Gasteiger charge is 2.17. The summed E-state index contributed by atoms with van der Waals surface area (Å²) in [5.41, 5.74) is 5.88. The van der Waals surface area contributed by atoms with Crippen LogP contribution in [0.15, 0.2) is 18.2 Å². The van der Waals surface area contributed by atoms with Crippen LogP contribution in [0, 0.1) is 0 Å². The molecule has 6 heteroatoms. The second kappa shape index (κ2) is 5.20. The molecule has 0 aromatic heterocycles. The lowest BCUT2D eigenvalue weighted by Crippen LogP contribution is -2.34. The summed E-state index contributed by atoms with van der Waals surface area (Å²) in [6.45, 7) is 1.52. The molecule has 1 atom stereocenters. The van der Waals surface area contributed by atoms with Gasteiger partial charge in [0.15, 0.2) is 6.10 Å². The molecule has 0 aliphatic rings. The van der Waals surface area contributed by atoms with Crippen molar-refractivity contribution in [1.29, 1.82) is 0 Å². The van der Waals surface area contributed by atoms with E-state index >= 15 is 0 Å². The Bertz CT molecular complexity index is 445. The minimum atomic E-state index is -1.14. The summed E-state index contributed by atoms with van der Waals surface area (Å²) in [6.07, 6.45) is -0.792. The van der Waals surface area contributed by atoms with E-state index in [4.69, 9.17) is 15.6 Å². The fourth-order valence-corrected chi connectivity index (χ4v) is 1.26. The van der Waals surface area contributed by atoms with Crippen molar-refractivity contribution < 1.29 is 19.4 Å². The molecule has 4 N–H and O–H groups in total.